The van der Waals surface area contributed by atoms with Gasteiger partial charge in [0, 0.05) is 22.8 Å². The summed E-state index contributed by atoms with van der Waals surface area (Å²) in [6, 6.07) is 13.2. The fourth-order valence-electron chi connectivity index (χ4n) is 2.00. The van der Waals surface area contributed by atoms with Gasteiger partial charge in [-0.15, -0.1) is 0 Å². The Morgan fingerprint density at radius 3 is 1.72 bits per heavy atom. The zero-order chi connectivity index (χ0) is 18.4. The topological polar surface area (TPSA) is 117 Å². The molecule has 0 atom stereocenters. The van der Waals surface area contributed by atoms with Gasteiger partial charge in [-0.25, -0.2) is 0 Å². The number of benzene rings is 2. The monoisotopic (exact) mass is 338 g/mol. The van der Waals surface area contributed by atoms with E-state index in [1.54, 1.807) is 61.5 Å². The zero-order valence-electron chi connectivity index (χ0n) is 14.0. The summed E-state index contributed by atoms with van der Waals surface area (Å²) in [5.74, 6) is 0.358. The molecule has 0 aliphatic carbocycles. The van der Waals surface area contributed by atoms with Gasteiger partial charge in [-0.1, -0.05) is 6.58 Å². The highest BCUT2D eigenvalue weighted by Crippen LogP contribution is 2.20. The van der Waals surface area contributed by atoms with Gasteiger partial charge in [-0.05, 0) is 61.5 Å². The summed E-state index contributed by atoms with van der Waals surface area (Å²) in [7, 11) is 0. The van der Waals surface area contributed by atoms with E-state index in [-0.39, 0.29) is 11.5 Å². The Balaban J connectivity index is 2.27. The molecule has 0 unspecified atom stereocenters. The summed E-state index contributed by atoms with van der Waals surface area (Å²) in [5.41, 5.74) is 15.4. The highest BCUT2D eigenvalue weighted by molar-refractivity contribution is 5.58. The van der Waals surface area contributed by atoms with Gasteiger partial charge in [-0.2, -0.15) is 0 Å². The first-order chi connectivity index (χ1) is 11.8. The van der Waals surface area contributed by atoms with Crippen LogP contribution >= 0.6 is 0 Å². The number of hydrogen-bond acceptors (Lipinski definition) is 6. The van der Waals surface area contributed by atoms with E-state index in [1.807, 2.05) is 0 Å². The van der Waals surface area contributed by atoms with E-state index >= 15 is 0 Å². The van der Waals surface area contributed by atoms with E-state index in [9.17, 15) is 10.2 Å². The molecule has 8 N–H and O–H groups in total. The average molecular weight is 338 g/mol. The van der Waals surface area contributed by atoms with Crippen molar-refractivity contribution in [2.45, 2.75) is 6.92 Å². The van der Waals surface area contributed by atoms with Gasteiger partial charge < -0.3 is 32.3 Å². The van der Waals surface area contributed by atoms with Crippen molar-refractivity contribution in [1.82, 2.24) is 0 Å². The van der Waals surface area contributed by atoms with E-state index in [4.69, 9.17) is 11.5 Å². The Labute approximate surface area is 146 Å². The highest BCUT2D eigenvalue weighted by atomic mass is 16.3. The van der Waals surface area contributed by atoms with Crippen LogP contribution < -0.4 is 22.1 Å². The second kappa shape index (κ2) is 7.83. The fraction of sp³-hybridized carbons (Fsp3) is 0.0526. The molecule has 25 heavy (non-hydrogen) atoms. The lowest BCUT2D eigenvalue weighted by Gasteiger charge is -2.15. The number of rotatable bonds is 6. The van der Waals surface area contributed by atoms with Crippen molar-refractivity contribution >= 4 is 11.4 Å². The molecular weight excluding hydrogens is 316 g/mol. The first-order valence-electron chi connectivity index (χ1n) is 7.60. The molecule has 0 spiro atoms. The van der Waals surface area contributed by atoms with Crippen molar-refractivity contribution in [1.29, 1.82) is 0 Å². The molecular formula is C19H22N4O2. The van der Waals surface area contributed by atoms with Crippen LogP contribution in [-0.2, 0) is 0 Å². The maximum atomic E-state index is 9.37. The number of aromatic hydroxyl groups is 2. The Morgan fingerprint density at radius 1 is 0.880 bits per heavy atom. The van der Waals surface area contributed by atoms with Gasteiger partial charge in [0.15, 0.2) is 0 Å². The minimum absolute atomic E-state index is 0.176. The maximum absolute atomic E-state index is 9.37. The van der Waals surface area contributed by atoms with E-state index in [1.165, 1.54) is 0 Å². The summed E-state index contributed by atoms with van der Waals surface area (Å²) >= 11 is 0. The molecule has 0 saturated carbocycles. The van der Waals surface area contributed by atoms with Crippen LogP contribution in [0, 0.1) is 0 Å². The lowest BCUT2D eigenvalue weighted by Crippen LogP contribution is -2.12. The summed E-state index contributed by atoms with van der Waals surface area (Å²) in [4.78, 5) is 0. The second-order valence-corrected chi connectivity index (χ2v) is 5.52. The summed E-state index contributed by atoms with van der Waals surface area (Å²) in [6.07, 6.45) is 1.75. The normalized spacial score (nSPS) is 12.3. The van der Waals surface area contributed by atoms with Crippen LogP contribution in [0.5, 0.6) is 11.5 Å². The van der Waals surface area contributed by atoms with Crippen molar-refractivity contribution in [3.8, 4) is 11.5 Å². The standard InChI is InChI=1S/C19H22N4O2/c1-12(20)18(22-14-3-7-16(24)8-4-14)11-19(13(2)21)23-15-5-9-17(25)10-6-15/h3-11,22-25H,1,20-21H2,2H3/b18-11+,19-13-. The quantitative estimate of drug-likeness (QED) is 0.356. The number of phenols is 2. The Bertz CT molecular complexity index is 802. The van der Waals surface area contributed by atoms with Crippen LogP contribution in [0.15, 0.2) is 84.0 Å². The van der Waals surface area contributed by atoms with Gasteiger partial charge in [0.2, 0.25) is 0 Å². The van der Waals surface area contributed by atoms with Crippen LogP contribution in [0.25, 0.3) is 0 Å². The van der Waals surface area contributed by atoms with Crippen LogP contribution in [0.4, 0.5) is 11.4 Å². The molecule has 0 heterocycles. The maximum Gasteiger partial charge on any atom is 0.115 e. The number of nitrogens with one attached hydrogen (secondary N) is 2. The van der Waals surface area contributed by atoms with Crippen molar-refractivity contribution in [2.75, 3.05) is 10.6 Å². The SMILES string of the molecule is C=C(N)/C(=C\C(Nc1ccc(O)cc1)=C(/C)N)Nc1ccc(O)cc1. The van der Waals surface area contributed by atoms with Gasteiger partial charge in [0.05, 0.1) is 11.4 Å². The Hall–Kier alpha value is -3.54. The van der Waals surface area contributed by atoms with Crippen LogP contribution in [0.3, 0.4) is 0 Å². The minimum atomic E-state index is 0.176. The van der Waals surface area contributed by atoms with Crippen molar-refractivity contribution in [3.05, 3.63) is 84.0 Å². The first-order valence-corrected chi connectivity index (χ1v) is 7.60. The van der Waals surface area contributed by atoms with Crippen molar-refractivity contribution < 1.29 is 10.2 Å². The molecule has 6 heteroatoms. The van der Waals surface area contributed by atoms with Crippen LogP contribution in [0.2, 0.25) is 0 Å². The lowest BCUT2D eigenvalue weighted by molar-refractivity contribution is 0.475. The largest absolute Gasteiger partial charge is 0.508 e. The van der Waals surface area contributed by atoms with Crippen LogP contribution in [0.1, 0.15) is 6.92 Å². The first kappa shape index (κ1) is 17.8. The average Bonchev–Trinajstić information content (AvgIpc) is 2.57. The van der Waals surface area contributed by atoms with E-state index in [0.29, 0.717) is 22.8 Å². The third-order valence-electron chi connectivity index (χ3n) is 3.35. The second-order valence-electron chi connectivity index (χ2n) is 5.52. The van der Waals surface area contributed by atoms with Crippen molar-refractivity contribution in [3.63, 3.8) is 0 Å². The van der Waals surface area contributed by atoms with Gasteiger partial charge >= 0.3 is 0 Å². The predicted octanol–water partition coefficient (Wildman–Crippen LogP) is 3.17. The molecule has 6 nitrogen and oxygen atoms in total. The molecule has 0 aliphatic rings. The summed E-state index contributed by atoms with van der Waals surface area (Å²) in [5, 5.41) is 25.1. The van der Waals surface area contributed by atoms with E-state index in [0.717, 1.165) is 11.4 Å². The number of allylic oxidation sites excluding steroid dienone is 2. The number of phenolic OH excluding ortho intramolecular Hbond substituents is 2. The Morgan fingerprint density at radius 2 is 1.32 bits per heavy atom. The predicted molar refractivity (Wildman–Crippen MR) is 102 cm³/mol. The zero-order valence-corrected chi connectivity index (χ0v) is 14.0. The molecule has 0 fully saturated rings. The molecule has 2 aromatic carbocycles. The summed E-state index contributed by atoms with van der Waals surface area (Å²) in [6.45, 7) is 5.53. The smallest absolute Gasteiger partial charge is 0.115 e. The molecule has 0 saturated heterocycles. The third-order valence-corrected chi connectivity index (χ3v) is 3.35. The van der Waals surface area contributed by atoms with Gasteiger partial charge in [-0.3, -0.25) is 0 Å². The number of nitrogens with two attached hydrogens (primary N) is 2. The van der Waals surface area contributed by atoms with E-state index < -0.39 is 0 Å². The molecule has 0 bridgehead atoms. The van der Waals surface area contributed by atoms with Gasteiger partial charge in [0.25, 0.3) is 0 Å². The molecule has 0 radical (unpaired) electrons. The third kappa shape index (κ3) is 5.24. The van der Waals surface area contributed by atoms with Crippen LogP contribution in [-0.4, -0.2) is 10.2 Å². The number of anilines is 2. The van der Waals surface area contributed by atoms with E-state index in [2.05, 4.69) is 17.2 Å². The molecule has 2 rings (SSSR count). The van der Waals surface area contributed by atoms with Crippen molar-refractivity contribution in [2.24, 2.45) is 11.5 Å². The molecule has 130 valence electrons. The minimum Gasteiger partial charge on any atom is -0.508 e. The Kier molecular flexibility index (Phi) is 5.58. The molecule has 2 aromatic rings. The fourth-order valence-corrected chi connectivity index (χ4v) is 2.00. The number of hydrogen-bond donors (Lipinski definition) is 6. The molecule has 0 aliphatic heterocycles. The van der Waals surface area contributed by atoms with Gasteiger partial charge in [0.1, 0.15) is 11.5 Å². The molecule has 0 aromatic heterocycles. The summed E-state index contributed by atoms with van der Waals surface area (Å²) < 4.78 is 0. The lowest BCUT2D eigenvalue weighted by atomic mass is 10.2. The highest BCUT2D eigenvalue weighted by Gasteiger charge is 2.05. The molecule has 0 amide bonds.